The maximum atomic E-state index is 9.82. The van der Waals surface area contributed by atoms with Crippen molar-refractivity contribution >= 4 is 36.3 Å². The Morgan fingerprint density at radius 1 is 1.88 bits per heavy atom. The molecule has 0 saturated heterocycles. The monoisotopic (exact) mass is 247 g/mol. The number of nitrogens with one attached hydrogen (secondary N) is 1. The Kier molecular flexibility index (Phi) is 6.00. The molecule has 2 N–H and O–H groups in total. The molecule has 0 atom stereocenters. The fraction of sp³-hybridized carbons (Fsp3) is 0.667. The van der Waals surface area contributed by atoms with Gasteiger partial charge in [-0.25, -0.2) is 0 Å². The van der Waals surface area contributed by atoms with Crippen molar-refractivity contribution in [3.8, 4) is 0 Å². The average molecular weight is 247 g/mol. The molecule has 0 aromatic heterocycles. The van der Waals surface area contributed by atoms with Crippen LogP contribution in [0.1, 0.15) is 6.42 Å². The van der Waals surface area contributed by atoms with Crippen LogP contribution in [0.3, 0.4) is 0 Å². The Hall–Kier alpha value is 0.510. The highest BCUT2D eigenvalue weighted by Crippen LogP contribution is 2.02. The van der Waals surface area contributed by atoms with Crippen LogP contribution in [0.15, 0.2) is 0 Å². The first-order chi connectivity index (χ1) is 3.77. The van der Waals surface area contributed by atoms with Gasteiger partial charge in [0.05, 0.1) is 6.42 Å². The van der Waals surface area contributed by atoms with Gasteiger partial charge < -0.3 is 5.11 Å². The highest BCUT2D eigenvalue weighted by molar-refractivity contribution is 14.2. The van der Waals surface area contributed by atoms with E-state index < -0.39 is 5.97 Å². The first kappa shape index (κ1) is 8.51. The lowest BCUT2D eigenvalue weighted by molar-refractivity contribution is -0.136. The lowest BCUT2D eigenvalue weighted by Gasteiger charge is -1.91. The minimum atomic E-state index is -0.761. The van der Waals surface area contributed by atoms with Crippen molar-refractivity contribution in [1.82, 2.24) is 4.72 Å². The van der Waals surface area contributed by atoms with Gasteiger partial charge in [-0.05, 0) is 9.12 Å². The molecule has 0 radical (unpaired) electrons. The highest BCUT2D eigenvalue weighted by Gasteiger charge is 1.92. The molecule has 0 aliphatic rings. The maximum Gasteiger partial charge on any atom is 0.304 e. The zero-order valence-electron chi connectivity index (χ0n) is 4.06. The van der Waals surface area contributed by atoms with E-state index in [1.54, 1.807) is 0 Å². The molecular formula is C3H6INO2S. The van der Waals surface area contributed by atoms with E-state index in [4.69, 9.17) is 5.11 Å². The van der Waals surface area contributed by atoms with Crippen molar-refractivity contribution in [2.24, 2.45) is 0 Å². The Balaban J connectivity index is 2.82. The minimum Gasteiger partial charge on any atom is -0.481 e. The Morgan fingerprint density at radius 2 is 2.50 bits per heavy atom. The summed E-state index contributed by atoms with van der Waals surface area (Å²) in [5.41, 5.74) is 0. The highest BCUT2D eigenvalue weighted by atomic mass is 127. The van der Waals surface area contributed by atoms with Gasteiger partial charge in [-0.15, -0.1) is 0 Å². The molecule has 0 aromatic rings. The third-order valence-electron chi connectivity index (χ3n) is 0.495. The van der Waals surface area contributed by atoms with Crippen LogP contribution < -0.4 is 4.72 Å². The van der Waals surface area contributed by atoms with Crippen molar-refractivity contribution in [3.05, 3.63) is 0 Å². The molecule has 0 fully saturated rings. The van der Waals surface area contributed by atoms with Gasteiger partial charge in [0.15, 0.2) is 0 Å². The summed E-state index contributed by atoms with van der Waals surface area (Å²) in [6.07, 6.45) is 0.190. The van der Waals surface area contributed by atoms with Crippen LogP contribution in [-0.2, 0) is 4.79 Å². The standard InChI is InChI=1S/C3H6INO2S/c4-8-5-2-1-3(6)7/h5H,1-2H2,(H,6,7). The minimum absolute atomic E-state index is 0.190. The summed E-state index contributed by atoms with van der Waals surface area (Å²) in [5, 5.41) is 8.09. The topological polar surface area (TPSA) is 49.3 Å². The Bertz CT molecular complexity index is 79.7. The van der Waals surface area contributed by atoms with Crippen LogP contribution >= 0.6 is 30.3 Å². The van der Waals surface area contributed by atoms with Gasteiger partial charge in [0.2, 0.25) is 0 Å². The molecule has 0 aromatic carbocycles. The molecule has 3 nitrogen and oxygen atoms in total. The third kappa shape index (κ3) is 6.51. The summed E-state index contributed by atoms with van der Waals surface area (Å²) in [7, 11) is 1.40. The largest absolute Gasteiger partial charge is 0.481 e. The Morgan fingerprint density at radius 3 is 2.88 bits per heavy atom. The molecule has 0 bridgehead atoms. The molecule has 0 aliphatic carbocycles. The van der Waals surface area contributed by atoms with Crippen LogP contribution in [0, 0.1) is 0 Å². The van der Waals surface area contributed by atoms with E-state index in [1.807, 2.05) is 21.2 Å². The van der Waals surface area contributed by atoms with Crippen molar-refractivity contribution in [2.75, 3.05) is 6.54 Å². The average Bonchev–Trinajstić information content (AvgIpc) is 1.66. The first-order valence-electron chi connectivity index (χ1n) is 1.99. The number of halogens is 1. The van der Waals surface area contributed by atoms with Crippen molar-refractivity contribution in [1.29, 1.82) is 0 Å². The van der Waals surface area contributed by atoms with Crippen molar-refractivity contribution < 1.29 is 9.90 Å². The van der Waals surface area contributed by atoms with E-state index in [0.717, 1.165) is 0 Å². The molecule has 48 valence electrons. The van der Waals surface area contributed by atoms with E-state index in [1.165, 1.54) is 9.12 Å². The van der Waals surface area contributed by atoms with Crippen molar-refractivity contribution in [3.63, 3.8) is 0 Å². The molecule has 0 amide bonds. The van der Waals surface area contributed by atoms with Crippen LogP contribution in [-0.4, -0.2) is 17.6 Å². The first-order valence-corrected chi connectivity index (χ1v) is 5.35. The molecule has 0 spiro atoms. The van der Waals surface area contributed by atoms with Crippen LogP contribution in [0.5, 0.6) is 0 Å². The normalized spacial score (nSPS) is 9.12. The van der Waals surface area contributed by atoms with E-state index in [0.29, 0.717) is 6.54 Å². The summed E-state index contributed by atoms with van der Waals surface area (Å²) in [4.78, 5) is 9.82. The fourth-order valence-corrected chi connectivity index (χ4v) is 1.04. The molecule has 8 heavy (non-hydrogen) atoms. The predicted molar refractivity (Wildman–Crippen MR) is 41.9 cm³/mol. The second-order valence-electron chi connectivity index (χ2n) is 1.12. The maximum absolute atomic E-state index is 9.82. The zero-order chi connectivity index (χ0) is 6.41. The lowest BCUT2D eigenvalue weighted by Crippen LogP contribution is -2.08. The Labute approximate surface area is 63.9 Å². The number of aliphatic carboxylic acids is 1. The summed E-state index contributed by atoms with van der Waals surface area (Å²) in [5.74, 6) is -0.761. The fourth-order valence-electron chi connectivity index (χ4n) is 0.197. The van der Waals surface area contributed by atoms with Gasteiger partial charge >= 0.3 is 5.97 Å². The molecule has 0 aliphatic heterocycles. The summed E-state index contributed by atoms with van der Waals surface area (Å²) < 4.78 is 2.80. The summed E-state index contributed by atoms with van der Waals surface area (Å²) >= 11 is 2.05. The van der Waals surface area contributed by atoms with Crippen LogP contribution in [0.25, 0.3) is 0 Å². The van der Waals surface area contributed by atoms with E-state index in [-0.39, 0.29) is 6.42 Å². The zero-order valence-corrected chi connectivity index (χ0v) is 7.03. The van der Waals surface area contributed by atoms with Crippen LogP contribution in [0.2, 0.25) is 0 Å². The van der Waals surface area contributed by atoms with E-state index in [2.05, 4.69) is 4.72 Å². The molecular weight excluding hydrogens is 241 g/mol. The second-order valence-corrected chi connectivity index (χ2v) is 2.88. The van der Waals surface area contributed by atoms with E-state index in [9.17, 15) is 4.79 Å². The number of hydrogen-bond donors (Lipinski definition) is 2. The van der Waals surface area contributed by atoms with Gasteiger partial charge in [-0.3, -0.25) is 9.52 Å². The summed E-state index contributed by atoms with van der Waals surface area (Å²) in [6, 6.07) is 0. The van der Waals surface area contributed by atoms with Gasteiger partial charge in [-0.1, -0.05) is 0 Å². The quantitative estimate of drug-likeness (QED) is 0.443. The van der Waals surface area contributed by atoms with Gasteiger partial charge in [0.1, 0.15) is 0 Å². The predicted octanol–water partition coefficient (Wildman–Crippen LogP) is 1.05. The van der Waals surface area contributed by atoms with Crippen molar-refractivity contribution in [2.45, 2.75) is 6.42 Å². The number of rotatable bonds is 4. The number of carboxylic acids is 1. The smallest absolute Gasteiger partial charge is 0.304 e. The van der Waals surface area contributed by atoms with Gasteiger partial charge in [-0.2, -0.15) is 0 Å². The lowest BCUT2D eigenvalue weighted by atomic mass is 10.5. The molecule has 0 heterocycles. The van der Waals surface area contributed by atoms with Gasteiger partial charge in [0, 0.05) is 27.8 Å². The summed E-state index contributed by atoms with van der Waals surface area (Å²) in [6.45, 7) is 0.531. The molecule has 0 unspecified atom stereocenters. The number of hydrogen-bond acceptors (Lipinski definition) is 3. The number of carbonyl (C=O) groups is 1. The second kappa shape index (κ2) is 5.64. The number of carboxylic acid groups (broad SMARTS) is 1. The molecule has 0 saturated carbocycles. The third-order valence-corrected chi connectivity index (χ3v) is 1.74. The SMILES string of the molecule is O=C(O)CCNSI. The molecule has 5 heteroatoms. The van der Waals surface area contributed by atoms with Crippen LogP contribution in [0.4, 0.5) is 0 Å². The van der Waals surface area contributed by atoms with Gasteiger partial charge in [0.25, 0.3) is 0 Å². The van der Waals surface area contributed by atoms with E-state index >= 15 is 0 Å². The molecule has 0 rings (SSSR count).